The van der Waals surface area contributed by atoms with E-state index < -0.39 is 0 Å². The Morgan fingerprint density at radius 3 is 2.60 bits per heavy atom. The number of nitriles is 1. The van der Waals surface area contributed by atoms with E-state index in [0.717, 1.165) is 25.3 Å². The first kappa shape index (κ1) is 12.5. The molecule has 0 aromatic heterocycles. The quantitative estimate of drug-likeness (QED) is 0.681. The molecule has 0 aromatic rings. The van der Waals surface area contributed by atoms with Crippen molar-refractivity contribution in [3.05, 3.63) is 0 Å². The molecule has 2 nitrogen and oxygen atoms in total. The molecule has 0 amide bonds. The number of hydrogen-bond donors (Lipinski definition) is 1. The van der Waals surface area contributed by atoms with Gasteiger partial charge in [0.2, 0.25) is 0 Å². The topological polar surface area (TPSA) is 35.8 Å². The van der Waals surface area contributed by atoms with Gasteiger partial charge in [0.1, 0.15) is 0 Å². The molecule has 1 fully saturated rings. The molecule has 2 heteroatoms. The zero-order valence-corrected chi connectivity index (χ0v) is 10.3. The van der Waals surface area contributed by atoms with Crippen molar-refractivity contribution >= 4 is 0 Å². The Kier molecular flexibility index (Phi) is 4.60. The first-order valence-corrected chi connectivity index (χ1v) is 6.20. The van der Waals surface area contributed by atoms with E-state index in [1.165, 1.54) is 19.3 Å². The van der Waals surface area contributed by atoms with Gasteiger partial charge in [0.15, 0.2) is 0 Å². The molecule has 15 heavy (non-hydrogen) atoms. The Bertz CT molecular complexity index is 223. The number of rotatable bonds is 6. The smallest absolute Gasteiger partial charge is 0.0683 e. The highest BCUT2D eigenvalue weighted by molar-refractivity contribution is 4.91. The van der Waals surface area contributed by atoms with Crippen molar-refractivity contribution in [1.82, 2.24) is 5.32 Å². The summed E-state index contributed by atoms with van der Waals surface area (Å²) >= 11 is 0. The molecule has 0 radical (unpaired) electrons. The van der Waals surface area contributed by atoms with Crippen molar-refractivity contribution in [2.75, 3.05) is 6.54 Å². The lowest BCUT2D eigenvalue weighted by atomic mass is 9.80. The summed E-state index contributed by atoms with van der Waals surface area (Å²) in [6, 6.07) is 3.02. The van der Waals surface area contributed by atoms with Gasteiger partial charge in [-0.2, -0.15) is 5.26 Å². The van der Waals surface area contributed by atoms with E-state index in [4.69, 9.17) is 5.26 Å². The molecule has 0 spiro atoms. The predicted molar refractivity (Wildman–Crippen MR) is 63.4 cm³/mol. The summed E-state index contributed by atoms with van der Waals surface area (Å²) in [4.78, 5) is 0. The van der Waals surface area contributed by atoms with Crippen LogP contribution in [0.15, 0.2) is 0 Å². The van der Waals surface area contributed by atoms with Crippen molar-refractivity contribution in [3.8, 4) is 6.07 Å². The highest BCUT2D eigenvalue weighted by Gasteiger charge is 2.23. The van der Waals surface area contributed by atoms with Crippen molar-refractivity contribution < 1.29 is 0 Å². The SMILES string of the molecule is CC(NCCCC(C)(C)C#N)C1CCC1. The van der Waals surface area contributed by atoms with Crippen LogP contribution in [0.4, 0.5) is 0 Å². The van der Waals surface area contributed by atoms with Crippen molar-refractivity contribution in [3.63, 3.8) is 0 Å². The molecule has 1 aliphatic rings. The second kappa shape index (κ2) is 5.51. The first-order chi connectivity index (χ1) is 7.05. The largest absolute Gasteiger partial charge is 0.314 e. The van der Waals surface area contributed by atoms with Crippen LogP contribution in [0.1, 0.15) is 52.9 Å². The summed E-state index contributed by atoms with van der Waals surface area (Å²) < 4.78 is 0. The van der Waals surface area contributed by atoms with Gasteiger partial charge in [0.05, 0.1) is 11.5 Å². The molecule has 0 aliphatic heterocycles. The lowest BCUT2D eigenvalue weighted by molar-refractivity contribution is 0.239. The molecule has 0 heterocycles. The second-order valence-corrected chi connectivity index (χ2v) is 5.53. The lowest BCUT2D eigenvalue weighted by Crippen LogP contribution is -2.37. The maximum absolute atomic E-state index is 8.87. The van der Waals surface area contributed by atoms with Crippen LogP contribution in [0.3, 0.4) is 0 Å². The molecular weight excluding hydrogens is 184 g/mol. The molecule has 86 valence electrons. The van der Waals surface area contributed by atoms with Crippen molar-refractivity contribution in [1.29, 1.82) is 5.26 Å². The standard InChI is InChI=1S/C13H24N2/c1-11(12-6-4-7-12)15-9-5-8-13(2,3)10-14/h11-12,15H,4-9H2,1-3H3. The van der Waals surface area contributed by atoms with E-state index in [1.54, 1.807) is 0 Å². The molecule has 1 rings (SSSR count). The Labute approximate surface area is 94.1 Å². The molecule has 1 N–H and O–H groups in total. The van der Waals surface area contributed by atoms with Crippen LogP contribution < -0.4 is 5.32 Å². The van der Waals surface area contributed by atoms with Gasteiger partial charge in [-0.25, -0.2) is 0 Å². The van der Waals surface area contributed by atoms with Crippen LogP contribution in [0.25, 0.3) is 0 Å². The van der Waals surface area contributed by atoms with E-state index in [-0.39, 0.29) is 5.41 Å². The van der Waals surface area contributed by atoms with Crippen LogP contribution in [0.2, 0.25) is 0 Å². The summed E-state index contributed by atoms with van der Waals surface area (Å²) in [5, 5.41) is 12.4. The van der Waals surface area contributed by atoms with Crippen LogP contribution in [-0.4, -0.2) is 12.6 Å². The van der Waals surface area contributed by atoms with E-state index in [1.807, 2.05) is 13.8 Å². The predicted octanol–water partition coefficient (Wildman–Crippen LogP) is 3.09. The minimum atomic E-state index is -0.151. The van der Waals surface area contributed by atoms with Crippen LogP contribution >= 0.6 is 0 Å². The summed E-state index contributed by atoms with van der Waals surface area (Å²) in [5.74, 6) is 0.911. The Morgan fingerprint density at radius 2 is 2.13 bits per heavy atom. The van der Waals surface area contributed by atoms with Crippen molar-refractivity contribution in [2.45, 2.75) is 58.9 Å². The van der Waals surface area contributed by atoms with Gasteiger partial charge in [0.25, 0.3) is 0 Å². The third-order valence-electron chi connectivity index (χ3n) is 3.60. The van der Waals surface area contributed by atoms with E-state index in [9.17, 15) is 0 Å². The monoisotopic (exact) mass is 208 g/mol. The van der Waals surface area contributed by atoms with Crippen molar-refractivity contribution in [2.24, 2.45) is 11.3 Å². The number of nitrogens with one attached hydrogen (secondary N) is 1. The first-order valence-electron chi connectivity index (χ1n) is 6.20. The number of nitrogens with zero attached hydrogens (tertiary/aromatic N) is 1. The molecule has 0 saturated heterocycles. The average molecular weight is 208 g/mol. The third-order valence-corrected chi connectivity index (χ3v) is 3.60. The minimum Gasteiger partial charge on any atom is -0.314 e. The van der Waals surface area contributed by atoms with Crippen LogP contribution in [0.5, 0.6) is 0 Å². The maximum atomic E-state index is 8.87. The van der Waals surface area contributed by atoms with Gasteiger partial charge in [-0.3, -0.25) is 0 Å². The van der Waals surface area contributed by atoms with Crippen LogP contribution in [-0.2, 0) is 0 Å². The Balaban J connectivity index is 2.04. The second-order valence-electron chi connectivity index (χ2n) is 5.53. The highest BCUT2D eigenvalue weighted by Crippen LogP contribution is 2.29. The zero-order chi connectivity index (χ0) is 11.3. The molecule has 0 aromatic carbocycles. The van der Waals surface area contributed by atoms with Gasteiger partial charge >= 0.3 is 0 Å². The summed E-state index contributed by atoms with van der Waals surface area (Å²) in [7, 11) is 0. The van der Waals surface area contributed by atoms with E-state index in [0.29, 0.717) is 6.04 Å². The molecule has 0 bridgehead atoms. The molecule has 1 unspecified atom stereocenters. The Hall–Kier alpha value is -0.550. The van der Waals surface area contributed by atoms with Gasteiger partial charge in [-0.15, -0.1) is 0 Å². The van der Waals surface area contributed by atoms with E-state index >= 15 is 0 Å². The van der Waals surface area contributed by atoms with Gasteiger partial charge in [-0.05, 0) is 58.9 Å². The summed E-state index contributed by atoms with van der Waals surface area (Å²) in [5.41, 5.74) is -0.151. The normalized spacial score (nSPS) is 19.3. The highest BCUT2D eigenvalue weighted by atomic mass is 14.9. The minimum absolute atomic E-state index is 0.151. The maximum Gasteiger partial charge on any atom is 0.0683 e. The molecule has 1 saturated carbocycles. The summed E-state index contributed by atoms with van der Waals surface area (Å²) in [6.07, 6.45) is 6.32. The fourth-order valence-electron chi connectivity index (χ4n) is 2.02. The van der Waals surface area contributed by atoms with Crippen LogP contribution in [0, 0.1) is 22.7 Å². The molecule has 1 aliphatic carbocycles. The Morgan fingerprint density at radius 1 is 1.47 bits per heavy atom. The fourth-order valence-corrected chi connectivity index (χ4v) is 2.02. The molecule has 1 atom stereocenters. The number of hydrogen-bond acceptors (Lipinski definition) is 2. The van der Waals surface area contributed by atoms with Gasteiger partial charge < -0.3 is 5.32 Å². The zero-order valence-electron chi connectivity index (χ0n) is 10.3. The fraction of sp³-hybridized carbons (Fsp3) is 0.923. The van der Waals surface area contributed by atoms with E-state index in [2.05, 4.69) is 18.3 Å². The van der Waals surface area contributed by atoms with Gasteiger partial charge in [0, 0.05) is 6.04 Å². The summed E-state index contributed by atoms with van der Waals surface area (Å²) in [6.45, 7) is 7.38. The molecular formula is C13H24N2. The third kappa shape index (κ3) is 4.22. The average Bonchev–Trinajstić information content (AvgIpc) is 2.10. The lowest BCUT2D eigenvalue weighted by Gasteiger charge is -2.32. The van der Waals surface area contributed by atoms with Gasteiger partial charge in [-0.1, -0.05) is 6.42 Å².